The molecule has 8 heteroatoms. The fourth-order valence-corrected chi connectivity index (χ4v) is 2.55. The van der Waals surface area contributed by atoms with Crippen molar-refractivity contribution in [2.75, 3.05) is 12.9 Å². The fourth-order valence-electron chi connectivity index (χ4n) is 1.82. The summed E-state index contributed by atoms with van der Waals surface area (Å²) in [5, 5.41) is 8.94. The molecule has 1 aromatic heterocycles. The van der Waals surface area contributed by atoms with Crippen molar-refractivity contribution < 1.29 is 23.4 Å². The van der Waals surface area contributed by atoms with Crippen LogP contribution in [0.4, 0.5) is 8.78 Å². The molecule has 2 rings (SSSR count). The van der Waals surface area contributed by atoms with Gasteiger partial charge in [0.2, 0.25) is 0 Å². The average Bonchev–Trinajstić information content (AvgIpc) is 2.74. The molecule has 0 amide bonds. The number of rotatable bonds is 6. The standard InChI is InChI=1S/C12H12F2N2O3S/c1-19-8-4-2-3-7-11(8)15-12(20-6-10(17)18)16(7)5-9(13)14/h2-4,9H,5-6H2,1H3,(H,17,18). The van der Waals surface area contributed by atoms with E-state index < -0.39 is 18.9 Å². The van der Waals surface area contributed by atoms with E-state index in [9.17, 15) is 13.6 Å². The van der Waals surface area contributed by atoms with E-state index in [1.165, 1.54) is 11.7 Å². The molecule has 20 heavy (non-hydrogen) atoms. The predicted molar refractivity (Wildman–Crippen MR) is 70.6 cm³/mol. The number of thioether (sulfide) groups is 1. The highest BCUT2D eigenvalue weighted by atomic mass is 32.2. The first-order valence-corrected chi connectivity index (χ1v) is 6.67. The van der Waals surface area contributed by atoms with Crippen molar-refractivity contribution in [2.45, 2.75) is 18.1 Å². The lowest BCUT2D eigenvalue weighted by Crippen LogP contribution is -2.09. The molecule has 0 fully saturated rings. The third kappa shape index (κ3) is 3.01. The van der Waals surface area contributed by atoms with Gasteiger partial charge in [-0.2, -0.15) is 0 Å². The maximum absolute atomic E-state index is 12.7. The zero-order chi connectivity index (χ0) is 14.7. The molecule has 0 spiro atoms. The van der Waals surface area contributed by atoms with Crippen molar-refractivity contribution in [3.8, 4) is 5.75 Å². The van der Waals surface area contributed by atoms with E-state index in [1.54, 1.807) is 18.2 Å². The Balaban J connectivity index is 2.50. The van der Waals surface area contributed by atoms with Crippen LogP contribution in [0.15, 0.2) is 23.4 Å². The maximum Gasteiger partial charge on any atom is 0.313 e. The van der Waals surface area contributed by atoms with Crippen LogP contribution in [0, 0.1) is 0 Å². The number of alkyl halides is 2. The highest BCUT2D eigenvalue weighted by molar-refractivity contribution is 7.99. The Labute approximate surface area is 117 Å². The van der Waals surface area contributed by atoms with Gasteiger partial charge in [-0.15, -0.1) is 0 Å². The topological polar surface area (TPSA) is 64.3 Å². The number of imidazole rings is 1. The van der Waals surface area contributed by atoms with Gasteiger partial charge in [0.25, 0.3) is 6.43 Å². The highest BCUT2D eigenvalue weighted by Gasteiger charge is 2.18. The predicted octanol–water partition coefficient (Wildman–Crippen LogP) is 2.49. The van der Waals surface area contributed by atoms with Gasteiger partial charge >= 0.3 is 5.97 Å². The Bertz CT molecular complexity index is 630. The van der Waals surface area contributed by atoms with E-state index in [4.69, 9.17) is 9.84 Å². The second-order valence-corrected chi connectivity index (χ2v) is 4.85. The Hall–Kier alpha value is -1.83. The van der Waals surface area contributed by atoms with Gasteiger partial charge in [-0.1, -0.05) is 17.8 Å². The molecule has 1 heterocycles. The summed E-state index contributed by atoms with van der Waals surface area (Å²) in [6, 6.07) is 5.00. The Morgan fingerprint density at radius 3 is 2.90 bits per heavy atom. The molecular weight excluding hydrogens is 290 g/mol. The number of benzene rings is 1. The van der Waals surface area contributed by atoms with Crippen LogP contribution in [0.25, 0.3) is 11.0 Å². The van der Waals surface area contributed by atoms with Gasteiger partial charge in [-0.05, 0) is 12.1 Å². The summed E-state index contributed by atoms with van der Waals surface area (Å²) < 4.78 is 31.8. The third-order valence-corrected chi connectivity index (χ3v) is 3.53. The minimum Gasteiger partial charge on any atom is -0.494 e. The summed E-state index contributed by atoms with van der Waals surface area (Å²) >= 11 is 0.905. The van der Waals surface area contributed by atoms with Gasteiger partial charge in [-0.3, -0.25) is 4.79 Å². The number of methoxy groups -OCH3 is 1. The number of aromatic nitrogens is 2. The summed E-state index contributed by atoms with van der Waals surface area (Å²) in [4.78, 5) is 14.8. The highest BCUT2D eigenvalue weighted by Crippen LogP contribution is 2.30. The van der Waals surface area contributed by atoms with E-state index in [2.05, 4.69) is 4.98 Å². The van der Waals surface area contributed by atoms with E-state index in [0.717, 1.165) is 11.8 Å². The maximum atomic E-state index is 12.7. The van der Waals surface area contributed by atoms with Crippen LogP contribution in [0.3, 0.4) is 0 Å². The number of ether oxygens (including phenoxy) is 1. The summed E-state index contributed by atoms with van der Waals surface area (Å²) in [6.45, 7) is -0.536. The molecule has 1 aromatic carbocycles. The summed E-state index contributed by atoms with van der Waals surface area (Å²) in [6.07, 6.45) is -2.55. The lowest BCUT2D eigenvalue weighted by molar-refractivity contribution is -0.133. The van der Waals surface area contributed by atoms with E-state index in [1.807, 2.05) is 0 Å². The number of hydrogen-bond donors (Lipinski definition) is 1. The summed E-state index contributed by atoms with van der Waals surface area (Å²) in [5.41, 5.74) is 0.945. The first kappa shape index (κ1) is 14.6. The quantitative estimate of drug-likeness (QED) is 0.831. The minimum absolute atomic E-state index is 0.241. The normalized spacial score (nSPS) is 11.2. The monoisotopic (exact) mass is 302 g/mol. The third-order valence-electron chi connectivity index (χ3n) is 2.57. The van der Waals surface area contributed by atoms with Crippen LogP contribution in [-0.4, -0.2) is 39.9 Å². The van der Waals surface area contributed by atoms with Crippen LogP contribution in [0.5, 0.6) is 5.75 Å². The first-order valence-electron chi connectivity index (χ1n) is 5.69. The van der Waals surface area contributed by atoms with Gasteiger partial charge < -0.3 is 14.4 Å². The van der Waals surface area contributed by atoms with Crippen LogP contribution >= 0.6 is 11.8 Å². The molecule has 0 saturated carbocycles. The Morgan fingerprint density at radius 2 is 2.30 bits per heavy atom. The number of fused-ring (bicyclic) bond motifs is 1. The number of aliphatic carboxylic acids is 1. The van der Waals surface area contributed by atoms with Gasteiger partial charge in [0.1, 0.15) is 11.3 Å². The SMILES string of the molecule is COc1cccc2c1nc(SCC(=O)O)n2CC(F)F. The average molecular weight is 302 g/mol. The van der Waals surface area contributed by atoms with Crippen LogP contribution in [0.2, 0.25) is 0 Å². The zero-order valence-electron chi connectivity index (χ0n) is 10.5. The van der Waals surface area contributed by atoms with Crippen LogP contribution in [0.1, 0.15) is 0 Å². The molecule has 0 unspecified atom stereocenters. The molecule has 5 nitrogen and oxygen atoms in total. The molecular formula is C12H12F2N2O3S. The first-order chi connectivity index (χ1) is 9.52. The molecule has 0 saturated heterocycles. The minimum atomic E-state index is -2.55. The number of carbonyl (C=O) groups is 1. The van der Waals surface area contributed by atoms with Crippen molar-refractivity contribution in [3.05, 3.63) is 18.2 Å². The second-order valence-electron chi connectivity index (χ2n) is 3.91. The lowest BCUT2D eigenvalue weighted by atomic mass is 10.3. The second kappa shape index (κ2) is 6.08. The number of carboxylic acid groups (broad SMARTS) is 1. The van der Waals surface area contributed by atoms with Gasteiger partial charge in [0.05, 0.1) is 24.9 Å². The van der Waals surface area contributed by atoms with E-state index in [0.29, 0.717) is 16.8 Å². The molecule has 0 aliphatic rings. The van der Waals surface area contributed by atoms with Crippen molar-refractivity contribution in [1.29, 1.82) is 0 Å². The molecule has 0 aliphatic carbocycles. The van der Waals surface area contributed by atoms with Crippen molar-refractivity contribution >= 4 is 28.8 Å². The molecule has 0 radical (unpaired) electrons. The number of halogens is 2. The summed E-state index contributed by atoms with van der Waals surface area (Å²) in [7, 11) is 1.46. The molecule has 1 N–H and O–H groups in total. The smallest absolute Gasteiger partial charge is 0.313 e. The Morgan fingerprint density at radius 1 is 1.55 bits per heavy atom. The lowest BCUT2D eigenvalue weighted by Gasteiger charge is -2.07. The number of nitrogens with zero attached hydrogens (tertiary/aromatic N) is 2. The molecule has 0 bridgehead atoms. The zero-order valence-corrected chi connectivity index (χ0v) is 11.4. The van der Waals surface area contributed by atoms with Crippen molar-refractivity contribution in [3.63, 3.8) is 0 Å². The molecule has 0 atom stereocenters. The summed E-state index contributed by atoms with van der Waals surface area (Å²) in [5.74, 6) is -0.806. The Kier molecular flexibility index (Phi) is 4.43. The van der Waals surface area contributed by atoms with Crippen molar-refractivity contribution in [2.24, 2.45) is 0 Å². The van der Waals surface area contributed by atoms with Crippen LogP contribution in [-0.2, 0) is 11.3 Å². The largest absolute Gasteiger partial charge is 0.494 e. The molecule has 2 aromatic rings. The van der Waals surface area contributed by atoms with Gasteiger partial charge in [-0.25, -0.2) is 13.8 Å². The number of hydrogen-bond acceptors (Lipinski definition) is 4. The number of para-hydroxylation sites is 1. The van der Waals surface area contributed by atoms with Crippen LogP contribution < -0.4 is 4.74 Å². The van der Waals surface area contributed by atoms with Gasteiger partial charge in [0, 0.05) is 0 Å². The van der Waals surface area contributed by atoms with Gasteiger partial charge in [0.15, 0.2) is 5.16 Å². The number of carboxylic acids is 1. The molecule has 108 valence electrons. The van der Waals surface area contributed by atoms with E-state index in [-0.39, 0.29) is 10.9 Å². The van der Waals surface area contributed by atoms with Crippen molar-refractivity contribution in [1.82, 2.24) is 9.55 Å². The molecule has 0 aliphatic heterocycles. The van der Waals surface area contributed by atoms with E-state index >= 15 is 0 Å². The fraction of sp³-hybridized carbons (Fsp3) is 0.333.